The van der Waals surface area contributed by atoms with Crippen LogP contribution in [0.25, 0.3) is 5.76 Å². The molecular weight excluding hydrogens is 462 g/mol. The van der Waals surface area contributed by atoms with Gasteiger partial charge in [-0.05, 0) is 59.8 Å². The van der Waals surface area contributed by atoms with E-state index in [0.29, 0.717) is 23.7 Å². The minimum absolute atomic E-state index is 0.0996. The summed E-state index contributed by atoms with van der Waals surface area (Å²) >= 11 is 1.45. The molecule has 7 heteroatoms. The number of ether oxygens (including phenoxy) is 2. The number of thiophene rings is 1. The van der Waals surface area contributed by atoms with Crippen LogP contribution in [0.3, 0.4) is 0 Å². The first-order valence-electron chi connectivity index (χ1n) is 11.7. The number of aliphatic hydroxyl groups excluding tert-OH is 1. The smallest absolute Gasteiger partial charge is 0.295 e. The van der Waals surface area contributed by atoms with Gasteiger partial charge in [0.05, 0.1) is 25.3 Å². The molecule has 2 heterocycles. The maximum absolute atomic E-state index is 13.1. The molecule has 4 rings (SSSR count). The summed E-state index contributed by atoms with van der Waals surface area (Å²) in [6, 6.07) is 17.4. The molecule has 0 saturated carbocycles. The standard InChI is InChI=1S/C28H29NO5S/c1-3-4-5-16-34-22-14-10-20(11-15-22)26(30)24-25(23-7-6-17-35-23)29(28(32)27(24)31)18-19-8-12-21(33-2)13-9-19/h6-15,17,25,30H,3-5,16,18H2,1-2H3/b26-24-. The summed E-state index contributed by atoms with van der Waals surface area (Å²) in [6.07, 6.45) is 3.21. The number of hydrogen-bond acceptors (Lipinski definition) is 6. The monoisotopic (exact) mass is 491 g/mol. The maximum atomic E-state index is 13.1. The number of ketones is 1. The van der Waals surface area contributed by atoms with Gasteiger partial charge >= 0.3 is 0 Å². The molecule has 1 aliphatic rings. The predicted octanol–water partition coefficient (Wildman–Crippen LogP) is 5.95. The molecule has 0 radical (unpaired) electrons. The Morgan fingerprint density at radius 1 is 1.00 bits per heavy atom. The molecule has 1 unspecified atom stereocenters. The number of benzene rings is 2. The fraction of sp³-hybridized carbons (Fsp3) is 0.286. The summed E-state index contributed by atoms with van der Waals surface area (Å²) in [7, 11) is 1.59. The lowest BCUT2D eigenvalue weighted by Gasteiger charge is -2.24. The lowest BCUT2D eigenvalue weighted by molar-refractivity contribution is -0.140. The van der Waals surface area contributed by atoms with Crippen molar-refractivity contribution in [2.24, 2.45) is 0 Å². The fourth-order valence-corrected chi connectivity index (χ4v) is 4.97. The first-order valence-corrected chi connectivity index (χ1v) is 12.6. The highest BCUT2D eigenvalue weighted by atomic mass is 32.1. The van der Waals surface area contributed by atoms with E-state index in [-0.39, 0.29) is 17.9 Å². The van der Waals surface area contributed by atoms with Gasteiger partial charge in [-0.3, -0.25) is 9.59 Å². The third kappa shape index (κ3) is 5.41. The molecule has 182 valence electrons. The summed E-state index contributed by atoms with van der Waals surface area (Å²) in [4.78, 5) is 28.6. The van der Waals surface area contributed by atoms with Gasteiger partial charge in [0.2, 0.25) is 0 Å². The SMILES string of the molecule is CCCCCOc1ccc(/C(O)=C2/C(=O)C(=O)N(Cc3ccc(OC)cc3)C2c2cccs2)cc1. The molecule has 35 heavy (non-hydrogen) atoms. The molecule has 1 aromatic heterocycles. The van der Waals surface area contributed by atoms with E-state index in [0.717, 1.165) is 29.7 Å². The second-order valence-corrected chi connectivity index (χ2v) is 9.35. The van der Waals surface area contributed by atoms with Gasteiger partial charge < -0.3 is 19.5 Å². The highest BCUT2D eigenvalue weighted by Crippen LogP contribution is 2.42. The van der Waals surface area contributed by atoms with Crippen molar-refractivity contribution >= 4 is 28.8 Å². The average molecular weight is 492 g/mol. The topological polar surface area (TPSA) is 76.1 Å². The number of carbonyl (C=O) groups is 2. The lowest BCUT2D eigenvalue weighted by atomic mass is 9.99. The van der Waals surface area contributed by atoms with Gasteiger partial charge in [-0.25, -0.2) is 0 Å². The Morgan fingerprint density at radius 2 is 1.71 bits per heavy atom. The Balaban J connectivity index is 1.64. The fourth-order valence-electron chi connectivity index (χ4n) is 4.12. The molecule has 3 aromatic rings. The molecule has 2 aromatic carbocycles. The van der Waals surface area contributed by atoms with Crippen LogP contribution in [-0.2, 0) is 16.1 Å². The predicted molar refractivity (Wildman–Crippen MR) is 137 cm³/mol. The minimum Gasteiger partial charge on any atom is -0.507 e. The number of carbonyl (C=O) groups excluding carboxylic acids is 2. The van der Waals surface area contributed by atoms with Crippen molar-refractivity contribution < 1.29 is 24.2 Å². The quantitative estimate of drug-likeness (QED) is 0.164. The molecule has 0 bridgehead atoms. The second-order valence-electron chi connectivity index (χ2n) is 8.37. The third-order valence-corrected chi connectivity index (χ3v) is 6.93. The third-order valence-electron chi connectivity index (χ3n) is 6.01. The van der Waals surface area contributed by atoms with Gasteiger partial charge in [0.25, 0.3) is 11.7 Å². The normalized spacial score (nSPS) is 17.1. The van der Waals surface area contributed by atoms with Gasteiger partial charge in [0.1, 0.15) is 17.3 Å². The van der Waals surface area contributed by atoms with Crippen LogP contribution in [0.2, 0.25) is 0 Å². The van der Waals surface area contributed by atoms with Crippen LogP contribution in [0.15, 0.2) is 71.6 Å². The zero-order valence-corrected chi connectivity index (χ0v) is 20.7. The molecule has 1 saturated heterocycles. The molecule has 0 spiro atoms. The Morgan fingerprint density at radius 3 is 2.34 bits per heavy atom. The van der Waals surface area contributed by atoms with E-state index < -0.39 is 17.7 Å². The van der Waals surface area contributed by atoms with E-state index in [9.17, 15) is 14.7 Å². The number of amides is 1. The van der Waals surface area contributed by atoms with Crippen LogP contribution in [0.4, 0.5) is 0 Å². The summed E-state index contributed by atoms with van der Waals surface area (Å²) in [5.41, 5.74) is 1.43. The van der Waals surface area contributed by atoms with Crippen LogP contribution in [0.1, 0.15) is 48.2 Å². The number of nitrogens with zero attached hydrogens (tertiary/aromatic N) is 1. The lowest BCUT2D eigenvalue weighted by Crippen LogP contribution is -2.28. The first-order chi connectivity index (χ1) is 17.0. The van der Waals surface area contributed by atoms with Crippen LogP contribution in [0, 0.1) is 0 Å². The van der Waals surface area contributed by atoms with Crippen LogP contribution in [-0.4, -0.2) is 35.4 Å². The Labute approximate surface area is 209 Å². The number of likely N-dealkylation sites (tertiary alicyclic amines) is 1. The van der Waals surface area contributed by atoms with Gasteiger partial charge in [0, 0.05) is 17.0 Å². The number of methoxy groups -OCH3 is 1. The Hall–Kier alpha value is -3.58. The molecule has 0 aliphatic carbocycles. The van der Waals surface area contributed by atoms with Crippen molar-refractivity contribution in [2.45, 2.75) is 38.8 Å². The molecular formula is C28H29NO5S. The number of aliphatic hydroxyl groups is 1. The van der Waals surface area contributed by atoms with Gasteiger partial charge in [-0.15, -0.1) is 11.3 Å². The van der Waals surface area contributed by atoms with Crippen molar-refractivity contribution in [3.8, 4) is 11.5 Å². The number of unbranched alkanes of at least 4 members (excludes halogenated alkanes) is 2. The molecule has 6 nitrogen and oxygen atoms in total. The van der Waals surface area contributed by atoms with Gasteiger partial charge in [-0.2, -0.15) is 0 Å². The molecule has 1 atom stereocenters. The van der Waals surface area contributed by atoms with Crippen molar-refractivity contribution in [2.75, 3.05) is 13.7 Å². The zero-order chi connectivity index (χ0) is 24.8. The van der Waals surface area contributed by atoms with E-state index in [1.165, 1.54) is 16.2 Å². The number of rotatable bonds is 10. The van der Waals surface area contributed by atoms with E-state index >= 15 is 0 Å². The summed E-state index contributed by atoms with van der Waals surface area (Å²) < 4.78 is 11.0. The largest absolute Gasteiger partial charge is 0.507 e. The molecule has 1 N–H and O–H groups in total. The van der Waals surface area contributed by atoms with E-state index in [4.69, 9.17) is 9.47 Å². The van der Waals surface area contributed by atoms with Gasteiger partial charge in [0.15, 0.2) is 0 Å². The summed E-state index contributed by atoms with van der Waals surface area (Å²) in [6.45, 7) is 3.01. The van der Waals surface area contributed by atoms with Crippen molar-refractivity contribution in [1.82, 2.24) is 4.90 Å². The summed E-state index contributed by atoms with van der Waals surface area (Å²) in [5, 5.41) is 13.1. The molecule has 1 aliphatic heterocycles. The van der Waals surface area contributed by atoms with Crippen molar-refractivity contribution in [3.05, 3.63) is 87.6 Å². The van der Waals surface area contributed by atoms with E-state index in [1.54, 1.807) is 31.4 Å². The minimum atomic E-state index is -0.686. The van der Waals surface area contributed by atoms with Crippen LogP contribution in [0.5, 0.6) is 11.5 Å². The Bertz CT molecular complexity index is 1180. The average Bonchev–Trinajstić information content (AvgIpc) is 3.50. The second kappa shape index (κ2) is 11.2. The van der Waals surface area contributed by atoms with E-state index in [2.05, 4.69) is 6.92 Å². The number of hydrogen-bond donors (Lipinski definition) is 1. The highest BCUT2D eigenvalue weighted by Gasteiger charge is 2.46. The van der Waals surface area contributed by atoms with Crippen molar-refractivity contribution in [3.63, 3.8) is 0 Å². The van der Waals surface area contributed by atoms with Crippen molar-refractivity contribution in [1.29, 1.82) is 0 Å². The summed E-state index contributed by atoms with van der Waals surface area (Å²) in [5.74, 6) is -0.0849. The zero-order valence-electron chi connectivity index (χ0n) is 19.9. The van der Waals surface area contributed by atoms with E-state index in [1.807, 2.05) is 41.8 Å². The highest BCUT2D eigenvalue weighted by molar-refractivity contribution is 7.10. The van der Waals surface area contributed by atoms with Crippen LogP contribution >= 0.6 is 11.3 Å². The Kier molecular flexibility index (Phi) is 7.87. The molecule has 1 amide bonds. The first kappa shape index (κ1) is 24.5. The van der Waals surface area contributed by atoms with Crippen LogP contribution < -0.4 is 9.47 Å². The van der Waals surface area contributed by atoms with Gasteiger partial charge in [-0.1, -0.05) is 38.0 Å². The maximum Gasteiger partial charge on any atom is 0.295 e. The number of Topliss-reactive ketones (excluding diaryl/α,β-unsaturated/α-hetero) is 1. The molecule has 1 fully saturated rings.